The zero-order valence-electron chi connectivity index (χ0n) is 13.7. The zero-order chi connectivity index (χ0) is 16.2. The summed E-state index contributed by atoms with van der Waals surface area (Å²) in [7, 11) is 3.37. The van der Waals surface area contributed by atoms with Crippen molar-refractivity contribution in [3.05, 3.63) is 59.7 Å². The van der Waals surface area contributed by atoms with Crippen molar-refractivity contribution in [2.45, 2.75) is 19.4 Å². The van der Waals surface area contributed by atoms with Crippen molar-refractivity contribution >= 4 is 11.8 Å². The van der Waals surface area contributed by atoms with Crippen LogP contribution >= 0.6 is 0 Å². The Morgan fingerprint density at radius 2 is 1.96 bits per heavy atom. The molecule has 0 spiro atoms. The molecular weight excluding hydrogens is 288 g/mol. The van der Waals surface area contributed by atoms with Crippen molar-refractivity contribution in [3.8, 4) is 5.75 Å². The first kappa shape index (κ1) is 15.4. The van der Waals surface area contributed by atoms with Gasteiger partial charge in [0, 0.05) is 38.9 Å². The molecular formula is C19H22N2O2. The van der Waals surface area contributed by atoms with E-state index in [0.717, 1.165) is 25.9 Å². The summed E-state index contributed by atoms with van der Waals surface area (Å²) in [6.45, 7) is 1.89. The molecule has 4 nitrogen and oxygen atoms in total. The Balaban J connectivity index is 1.83. The molecule has 0 radical (unpaired) electrons. The second-order valence-electron chi connectivity index (χ2n) is 6.06. The van der Waals surface area contributed by atoms with Crippen LogP contribution in [0.4, 0.5) is 10.5 Å². The minimum Gasteiger partial charge on any atom is -0.410 e. The highest BCUT2D eigenvalue weighted by atomic mass is 16.6. The Hall–Kier alpha value is -2.49. The third kappa shape index (κ3) is 3.65. The quantitative estimate of drug-likeness (QED) is 0.866. The third-order valence-electron chi connectivity index (χ3n) is 4.06. The number of nitrogens with zero attached hydrogens (tertiary/aromatic N) is 2. The van der Waals surface area contributed by atoms with E-state index < -0.39 is 0 Å². The number of anilines is 1. The summed E-state index contributed by atoms with van der Waals surface area (Å²) in [4.78, 5) is 15.5. The smallest absolute Gasteiger partial charge is 0.410 e. The molecule has 120 valence electrons. The van der Waals surface area contributed by atoms with Gasteiger partial charge in [-0.15, -0.1) is 0 Å². The van der Waals surface area contributed by atoms with Crippen LogP contribution in [0.3, 0.4) is 0 Å². The maximum Gasteiger partial charge on any atom is 0.414 e. The fraction of sp³-hybridized carbons (Fsp3) is 0.316. The zero-order valence-corrected chi connectivity index (χ0v) is 13.7. The molecule has 0 bridgehead atoms. The van der Waals surface area contributed by atoms with E-state index in [-0.39, 0.29) is 6.09 Å². The van der Waals surface area contributed by atoms with Gasteiger partial charge in [0.25, 0.3) is 0 Å². The van der Waals surface area contributed by atoms with Crippen LogP contribution < -0.4 is 9.64 Å². The van der Waals surface area contributed by atoms with Gasteiger partial charge in [0.1, 0.15) is 5.75 Å². The summed E-state index contributed by atoms with van der Waals surface area (Å²) < 4.78 is 5.40. The number of carbonyl (C=O) groups excluding carboxylic acids is 1. The van der Waals surface area contributed by atoms with Gasteiger partial charge in [-0.3, -0.25) is 0 Å². The number of rotatable bonds is 3. The van der Waals surface area contributed by atoms with Crippen LogP contribution in [-0.4, -0.2) is 31.6 Å². The fourth-order valence-electron chi connectivity index (χ4n) is 2.85. The van der Waals surface area contributed by atoms with Gasteiger partial charge in [-0.25, -0.2) is 4.79 Å². The van der Waals surface area contributed by atoms with Crippen LogP contribution in [0.2, 0.25) is 0 Å². The second kappa shape index (κ2) is 6.73. The van der Waals surface area contributed by atoms with Crippen LogP contribution in [-0.2, 0) is 13.0 Å². The van der Waals surface area contributed by atoms with Crippen LogP contribution in [0, 0.1) is 0 Å². The lowest BCUT2D eigenvalue weighted by Gasteiger charge is -2.31. The van der Waals surface area contributed by atoms with Gasteiger partial charge in [0.05, 0.1) is 0 Å². The molecule has 0 unspecified atom stereocenters. The molecule has 0 atom stereocenters. The Kier molecular flexibility index (Phi) is 4.51. The number of hydrogen-bond donors (Lipinski definition) is 0. The van der Waals surface area contributed by atoms with Crippen LogP contribution in [0.5, 0.6) is 5.75 Å². The number of carbonyl (C=O) groups is 1. The minimum absolute atomic E-state index is 0.352. The van der Waals surface area contributed by atoms with Gasteiger partial charge in [-0.1, -0.05) is 36.4 Å². The molecule has 0 saturated heterocycles. The molecule has 1 aliphatic heterocycles. The van der Waals surface area contributed by atoms with Crippen molar-refractivity contribution < 1.29 is 9.53 Å². The summed E-state index contributed by atoms with van der Waals surface area (Å²) in [5, 5.41) is 0. The standard InChI is InChI=1S/C19H22N2O2/c1-20(2)19(22)23-17-11-10-16-9-6-12-21(18(16)13-17)14-15-7-4-3-5-8-15/h3-5,7-8,10-11,13H,6,9,12,14H2,1-2H3. The number of ether oxygens (including phenoxy) is 1. The largest absolute Gasteiger partial charge is 0.414 e. The van der Waals surface area contributed by atoms with Gasteiger partial charge in [-0.2, -0.15) is 0 Å². The highest BCUT2D eigenvalue weighted by molar-refractivity contribution is 5.71. The highest BCUT2D eigenvalue weighted by Gasteiger charge is 2.18. The predicted octanol–water partition coefficient (Wildman–Crippen LogP) is 3.70. The third-order valence-corrected chi connectivity index (χ3v) is 4.06. The van der Waals surface area contributed by atoms with Crippen molar-refractivity contribution in [3.63, 3.8) is 0 Å². The molecule has 2 aromatic carbocycles. The average molecular weight is 310 g/mol. The molecule has 1 heterocycles. The van der Waals surface area contributed by atoms with E-state index in [1.165, 1.54) is 21.7 Å². The molecule has 0 fully saturated rings. The van der Waals surface area contributed by atoms with Crippen molar-refractivity contribution in [1.82, 2.24) is 4.90 Å². The van der Waals surface area contributed by atoms with E-state index in [1.807, 2.05) is 18.2 Å². The normalized spacial score (nSPS) is 13.4. The van der Waals surface area contributed by atoms with Crippen LogP contribution in [0.25, 0.3) is 0 Å². The van der Waals surface area contributed by atoms with Crippen molar-refractivity contribution in [2.24, 2.45) is 0 Å². The van der Waals surface area contributed by atoms with Gasteiger partial charge in [-0.05, 0) is 30.0 Å². The molecule has 0 aromatic heterocycles. The number of amides is 1. The van der Waals surface area contributed by atoms with E-state index in [2.05, 4.69) is 35.2 Å². The van der Waals surface area contributed by atoms with Crippen LogP contribution in [0.1, 0.15) is 17.5 Å². The Bertz CT molecular complexity index is 683. The topological polar surface area (TPSA) is 32.8 Å². The predicted molar refractivity (Wildman–Crippen MR) is 92.0 cm³/mol. The summed E-state index contributed by atoms with van der Waals surface area (Å²) >= 11 is 0. The number of fused-ring (bicyclic) bond motifs is 1. The van der Waals surface area contributed by atoms with E-state index in [9.17, 15) is 4.79 Å². The summed E-state index contributed by atoms with van der Waals surface area (Å²) in [6, 6.07) is 16.4. The molecule has 0 N–H and O–H groups in total. The first-order valence-corrected chi connectivity index (χ1v) is 7.94. The fourth-order valence-corrected chi connectivity index (χ4v) is 2.85. The first-order valence-electron chi connectivity index (χ1n) is 7.94. The van der Waals surface area contributed by atoms with Gasteiger partial charge < -0.3 is 14.5 Å². The summed E-state index contributed by atoms with van der Waals surface area (Å²) in [6.07, 6.45) is 1.87. The van der Waals surface area contributed by atoms with E-state index >= 15 is 0 Å². The van der Waals surface area contributed by atoms with Crippen molar-refractivity contribution in [1.29, 1.82) is 0 Å². The monoisotopic (exact) mass is 310 g/mol. The maximum absolute atomic E-state index is 11.7. The molecule has 3 rings (SSSR count). The Morgan fingerprint density at radius 3 is 2.70 bits per heavy atom. The SMILES string of the molecule is CN(C)C(=O)Oc1ccc2c(c1)N(Cc1ccccc1)CCC2. The lowest BCUT2D eigenvalue weighted by atomic mass is 10.0. The van der Waals surface area contributed by atoms with Crippen LogP contribution in [0.15, 0.2) is 48.5 Å². The lowest BCUT2D eigenvalue weighted by molar-refractivity contribution is 0.172. The van der Waals surface area contributed by atoms with E-state index in [0.29, 0.717) is 5.75 Å². The Morgan fingerprint density at radius 1 is 1.17 bits per heavy atom. The van der Waals surface area contributed by atoms with E-state index in [4.69, 9.17) is 4.74 Å². The molecule has 23 heavy (non-hydrogen) atoms. The number of benzene rings is 2. The molecule has 0 aliphatic carbocycles. The number of aryl methyl sites for hydroxylation is 1. The highest BCUT2D eigenvalue weighted by Crippen LogP contribution is 2.32. The molecule has 1 amide bonds. The molecule has 0 saturated carbocycles. The molecule has 2 aromatic rings. The van der Waals surface area contributed by atoms with Crippen molar-refractivity contribution in [2.75, 3.05) is 25.5 Å². The average Bonchev–Trinajstić information content (AvgIpc) is 2.56. The summed E-state index contributed by atoms with van der Waals surface area (Å²) in [5.41, 5.74) is 3.78. The minimum atomic E-state index is -0.352. The van der Waals surface area contributed by atoms with Gasteiger partial charge >= 0.3 is 6.09 Å². The first-order chi connectivity index (χ1) is 11.1. The van der Waals surface area contributed by atoms with Gasteiger partial charge in [0.15, 0.2) is 0 Å². The van der Waals surface area contributed by atoms with E-state index in [1.54, 1.807) is 14.1 Å². The van der Waals surface area contributed by atoms with Gasteiger partial charge in [0.2, 0.25) is 0 Å². The number of hydrogen-bond acceptors (Lipinski definition) is 3. The molecule has 4 heteroatoms. The molecule has 1 aliphatic rings. The Labute approximate surface area is 137 Å². The maximum atomic E-state index is 11.7. The summed E-state index contributed by atoms with van der Waals surface area (Å²) in [5.74, 6) is 0.599. The second-order valence-corrected chi connectivity index (χ2v) is 6.06. The lowest BCUT2D eigenvalue weighted by Crippen LogP contribution is -2.29.